The topological polar surface area (TPSA) is 97.7 Å². The van der Waals surface area contributed by atoms with E-state index in [1.54, 1.807) is 7.11 Å². The zero-order valence-corrected chi connectivity index (χ0v) is 15.9. The minimum Gasteiger partial charge on any atom is -0.497 e. The molecule has 1 aromatic heterocycles. The number of benzene rings is 1. The number of aromatic nitrogens is 2. The lowest BCUT2D eigenvalue weighted by Gasteiger charge is -2.34. The van der Waals surface area contributed by atoms with Crippen molar-refractivity contribution in [1.82, 2.24) is 19.9 Å². The fraction of sp³-hybridized carbons (Fsp3) is 0.526. The number of piperazine rings is 1. The van der Waals surface area contributed by atoms with Crippen LogP contribution in [0.4, 0.5) is 0 Å². The highest BCUT2D eigenvalue weighted by Crippen LogP contribution is 2.20. The zero-order valence-electron chi connectivity index (χ0n) is 15.9. The van der Waals surface area contributed by atoms with Gasteiger partial charge in [-0.2, -0.15) is 4.98 Å². The lowest BCUT2D eigenvalue weighted by Crippen LogP contribution is -2.48. The van der Waals surface area contributed by atoms with Crippen molar-refractivity contribution in [3.63, 3.8) is 0 Å². The number of ether oxygens (including phenoxy) is 1. The number of amides is 1. The second kappa shape index (κ2) is 8.96. The molecule has 2 aromatic rings. The Kier molecular flexibility index (Phi) is 6.41. The maximum atomic E-state index is 12.2. The van der Waals surface area contributed by atoms with E-state index in [4.69, 9.17) is 15.0 Å². The quantitative estimate of drug-likeness (QED) is 0.786. The van der Waals surface area contributed by atoms with Gasteiger partial charge in [0.05, 0.1) is 13.7 Å². The molecule has 8 heteroatoms. The van der Waals surface area contributed by atoms with Crippen molar-refractivity contribution in [3.8, 4) is 17.1 Å². The van der Waals surface area contributed by atoms with Crippen LogP contribution in [0.15, 0.2) is 28.8 Å². The highest BCUT2D eigenvalue weighted by molar-refractivity contribution is 5.76. The van der Waals surface area contributed by atoms with E-state index in [1.165, 1.54) is 0 Å². The molecule has 8 nitrogen and oxygen atoms in total. The van der Waals surface area contributed by atoms with Crippen molar-refractivity contribution in [1.29, 1.82) is 0 Å². The molecule has 2 heterocycles. The van der Waals surface area contributed by atoms with E-state index in [-0.39, 0.29) is 11.9 Å². The summed E-state index contributed by atoms with van der Waals surface area (Å²) < 4.78 is 10.5. The van der Waals surface area contributed by atoms with Gasteiger partial charge in [0.15, 0.2) is 0 Å². The Bertz CT molecular complexity index is 736. The Hall–Kier alpha value is -2.45. The van der Waals surface area contributed by atoms with Crippen molar-refractivity contribution in [2.24, 2.45) is 5.73 Å². The molecular weight excluding hydrogens is 346 g/mol. The Morgan fingerprint density at radius 3 is 2.59 bits per heavy atom. The van der Waals surface area contributed by atoms with E-state index in [9.17, 15) is 4.79 Å². The molecule has 1 fully saturated rings. The predicted molar refractivity (Wildman–Crippen MR) is 101 cm³/mol. The van der Waals surface area contributed by atoms with Crippen LogP contribution in [0.5, 0.6) is 5.75 Å². The second-order valence-corrected chi connectivity index (χ2v) is 6.91. The smallest absolute Gasteiger partial charge is 0.241 e. The highest BCUT2D eigenvalue weighted by atomic mass is 16.5. The molecule has 1 aliphatic heterocycles. The van der Waals surface area contributed by atoms with E-state index in [1.807, 2.05) is 36.1 Å². The van der Waals surface area contributed by atoms with Crippen LogP contribution in [0.25, 0.3) is 11.4 Å². The summed E-state index contributed by atoms with van der Waals surface area (Å²) in [5.41, 5.74) is 6.61. The molecule has 1 saturated heterocycles. The average Bonchev–Trinajstić information content (AvgIpc) is 3.15. The van der Waals surface area contributed by atoms with Gasteiger partial charge in [-0.15, -0.1) is 0 Å². The molecule has 1 unspecified atom stereocenters. The molecule has 0 spiro atoms. The summed E-state index contributed by atoms with van der Waals surface area (Å²) in [6.45, 7) is 5.55. The second-order valence-electron chi connectivity index (χ2n) is 6.91. The maximum absolute atomic E-state index is 12.2. The Morgan fingerprint density at radius 1 is 1.26 bits per heavy atom. The molecule has 146 valence electrons. The number of nitrogens with two attached hydrogens (primary N) is 1. The van der Waals surface area contributed by atoms with Crippen LogP contribution in [0.3, 0.4) is 0 Å². The normalized spacial score (nSPS) is 16.3. The molecule has 3 rings (SSSR count). The third-order valence-corrected chi connectivity index (χ3v) is 4.71. The van der Waals surface area contributed by atoms with E-state index in [0.717, 1.165) is 43.9 Å². The number of hydrogen-bond acceptors (Lipinski definition) is 7. The minimum atomic E-state index is 0.0627. The third-order valence-electron chi connectivity index (χ3n) is 4.71. The van der Waals surface area contributed by atoms with Gasteiger partial charge in [-0.05, 0) is 37.6 Å². The summed E-state index contributed by atoms with van der Waals surface area (Å²) in [6.07, 6.45) is 1.25. The van der Waals surface area contributed by atoms with Gasteiger partial charge >= 0.3 is 0 Å². The molecule has 0 radical (unpaired) electrons. The molecule has 0 aliphatic carbocycles. The molecule has 2 N–H and O–H groups in total. The van der Waals surface area contributed by atoms with E-state index in [2.05, 4.69) is 15.0 Å². The van der Waals surface area contributed by atoms with Crippen molar-refractivity contribution < 1.29 is 14.1 Å². The van der Waals surface area contributed by atoms with Gasteiger partial charge in [0.25, 0.3) is 0 Å². The predicted octanol–water partition coefficient (Wildman–Crippen LogP) is 1.52. The first-order valence-corrected chi connectivity index (χ1v) is 9.28. The van der Waals surface area contributed by atoms with Crippen molar-refractivity contribution in [2.75, 3.05) is 33.3 Å². The van der Waals surface area contributed by atoms with Gasteiger partial charge in [0, 0.05) is 44.2 Å². The first kappa shape index (κ1) is 19.3. The van der Waals surface area contributed by atoms with Crippen LogP contribution in [0.1, 0.15) is 25.7 Å². The summed E-state index contributed by atoms with van der Waals surface area (Å²) in [4.78, 5) is 20.8. The monoisotopic (exact) mass is 373 g/mol. The fourth-order valence-electron chi connectivity index (χ4n) is 3.03. The maximum Gasteiger partial charge on any atom is 0.241 e. The van der Waals surface area contributed by atoms with Crippen LogP contribution in [0, 0.1) is 0 Å². The summed E-state index contributed by atoms with van der Waals surface area (Å²) in [7, 11) is 1.63. The van der Waals surface area contributed by atoms with Gasteiger partial charge in [-0.1, -0.05) is 5.16 Å². The largest absolute Gasteiger partial charge is 0.497 e. The number of nitrogens with zero attached hydrogens (tertiary/aromatic N) is 4. The SMILES string of the molecule is COc1ccc(-c2noc(CN3CCN(C(=O)CCC(C)N)CC3)n2)cc1. The van der Waals surface area contributed by atoms with Gasteiger partial charge in [-0.3, -0.25) is 9.69 Å². The number of rotatable bonds is 7. The van der Waals surface area contributed by atoms with Crippen LogP contribution in [-0.2, 0) is 11.3 Å². The summed E-state index contributed by atoms with van der Waals surface area (Å²) in [5, 5.41) is 4.06. The van der Waals surface area contributed by atoms with E-state index in [0.29, 0.717) is 24.7 Å². The molecule has 1 amide bonds. The average molecular weight is 373 g/mol. The molecule has 27 heavy (non-hydrogen) atoms. The van der Waals surface area contributed by atoms with Crippen LogP contribution >= 0.6 is 0 Å². The highest BCUT2D eigenvalue weighted by Gasteiger charge is 2.22. The number of methoxy groups -OCH3 is 1. The van der Waals surface area contributed by atoms with Crippen molar-refractivity contribution >= 4 is 5.91 Å². The molecular formula is C19H27N5O3. The Balaban J connectivity index is 1.49. The van der Waals surface area contributed by atoms with Crippen LogP contribution in [0.2, 0.25) is 0 Å². The summed E-state index contributed by atoms with van der Waals surface area (Å²) >= 11 is 0. The van der Waals surface area contributed by atoms with Gasteiger partial charge in [-0.25, -0.2) is 0 Å². The van der Waals surface area contributed by atoms with Gasteiger partial charge in [0.2, 0.25) is 17.6 Å². The van der Waals surface area contributed by atoms with E-state index < -0.39 is 0 Å². The van der Waals surface area contributed by atoms with Crippen LogP contribution < -0.4 is 10.5 Å². The summed E-state index contributed by atoms with van der Waals surface area (Å²) in [6, 6.07) is 7.60. The van der Waals surface area contributed by atoms with Gasteiger partial charge < -0.3 is 19.9 Å². The summed E-state index contributed by atoms with van der Waals surface area (Å²) in [5.74, 6) is 2.12. The third kappa shape index (κ3) is 5.27. The Labute approximate surface area is 159 Å². The lowest BCUT2D eigenvalue weighted by molar-refractivity contribution is -0.133. The first-order chi connectivity index (χ1) is 13.0. The molecule has 1 aliphatic rings. The lowest BCUT2D eigenvalue weighted by atomic mass is 10.1. The molecule has 1 atom stereocenters. The van der Waals surface area contributed by atoms with Crippen molar-refractivity contribution in [3.05, 3.63) is 30.2 Å². The standard InChI is InChI=1S/C19H27N5O3/c1-14(20)3-8-18(25)24-11-9-23(10-12-24)13-17-21-19(22-27-17)15-4-6-16(26-2)7-5-15/h4-7,14H,3,8-13,20H2,1-2H3. The Morgan fingerprint density at radius 2 is 1.96 bits per heavy atom. The van der Waals surface area contributed by atoms with Gasteiger partial charge in [0.1, 0.15) is 5.75 Å². The fourth-order valence-corrected chi connectivity index (χ4v) is 3.03. The van der Waals surface area contributed by atoms with Crippen LogP contribution in [-0.4, -0.2) is 65.2 Å². The zero-order chi connectivity index (χ0) is 19.2. The number of carbonyl (C=O) groups is 1. The number of carbonyl (C=O) groups excluding carboxylic acids is 1. The first-order valence-electron chi connectivity index (χ1n) is 9.28. The molecule has 0 bridgehead atoms. The minimum absolute atomic E-state index is 0.0627. The molecule has 0 saturated carbocycles. The van der Waals surface area contributed by atoms with E-state index >= 15 is 0 Å². The van der Waals surface area contributed by atoms with Crippen molar-refractivity contribution in [2.45, 2.75) is 32.4 Å². The molecule has 1 aromatic carbocycles. The number of hydrogen-bond donors (Lipinski definition) is 1.